The summed E-state index contributed by atoms with van der Waals surface area (Å²) in [5, 5.41) is 8.47. The molecule has 1 aromatic rings. The van der Waals surface area contributed by atoms with E-state index in [0.29, 0.717) is 6.04 Å². The Morgan fingerprint density at radius 2 is 2.18 bits per heavy atom. The normalized spacial score (nSPS) is 25.1. The lowest BCUT2D eigenvalue weighted by Crippen LogP contribution is -2.50. The fourth-order valence-corrected chi connectivity index (χ4v) is 2.88. The van der Waals surface area contributed by atoms with Gasteiger partial charge < -0.3 is 0 Å². The summed E-state index contributed by atoms with van der Waals surface area (Å²) in [6.45, 7) is 11.3. The first-order valence-electron chi connectivity index (χ1n) is 6.72. The van der Waals surface area contributed by atoms with Gasteiger partial charge in [0, 0.05) is 18.3 Å². The Labute approximate surface area is 104 Å². The number of hydrogen-bond donors (Lipinski definition) is 0. The molecule has 1 aromatic heterocycles. The van der Waals surface area contributed by atoms with Crippen LogP contribution in [0.4, 0.5) is 0 Å². The number of rotatable bonds is 3. The molecule has 1 saturated heterocycles. The Morgan fingerprint density at radius 1 is 1.41 bits per heavy atom. The second-order valence-corrected chi connectivity index (χ2v) is 5.58. The van der Waals surface area contributed by atoms with Crippen LogP contribution in [0.2, 0.25) is 0 Å². The summed E-state index contributed by atoms with van der Waals surface area (Å²) in [5.74, 6) is 0. The van der Waals surface area contributed by atoms with E-state index in [1.54, 1.807) is 0 Å². The minimum Gasteiger partial charge on any atom is -0.298 e. The molecule has 0 radical (unpaired) electrons. The van der Waals surface area contributed by atoms with E-state index in [4.69, 9.17) is 0 Å². The molecule has 4 heteroatoms. The maximum Gasteiger partial charge on any atom is 0.0824 e. The molecule has 0 aromatic carbocycles. The van der Waals surface area contributed by atoms with Gasteiger partial charge in [-0.25, -0.2) is 4.68 Å². The third kappa shape index (κ3) is 2.51. The first kappa shape index (κ1) is 12.6. The number of aryl methyl sites for hydroxylation is 1. The Balaban J connectivity index is 2.09. The second-order valence-electron chi connectivity index (χ2n) is 5.58. The highest BCUT2D eigenvalue weighted by Gasteiger charge is 2.34. The van der Waals surface area contributed by atoms with E-state index in [0.717, 1.165) is 31.6 Å². The number of nitrogens with zero attached hydrogens (tertiary/aromatic N) is 4. The molecule has 96 valence electrons. The van der Waals surface area contributed by atoms with Gasteiger partial charge in [-0.15, -0.1) is 5.10 Å². The highest BCUT2D eigenvalue weighted by molar-refractivity contribution is 4.96. The van der Waals surface area contributed by atoms with Crippen molar-refractivity contribution < 1.29 is 0 Å². The quantitative estimate of drug-likeness (QED) is 0.807. The molecule has 0 N–H and O–H groups in total. The molecule has 1 unspecified atom stereocenters. The maximum absolute atomic E-state index is 4.28. The monoisotopic (exact) mass is 236 g/mol. The van der Waals surface area contributed by atoms with Crippen LogP contribution in [0.5, 0.6) is 0 Å². The molecule has 0 aliphatic carbocycles. The van der Waals surface area contributed by atoms with Crippen LogP contribution in [-0.4, -0.2) is 38.5 Å². The van der Waals surface area contributed by atoms with Gasteiger partial charge in [0.1, 0.15) is 0 Å². The van der Waals surface area contributed by atoms with E-state index in [1.165, 1.54) is 6.42 Å². The second kappa shape index (κ2) is 4.77. The fraction of sp³-hybridized carbons (Fsp3) is 0.846. The largest absolute Gasteiger partial charge is 0.298 e. The number of aromatic nitrogens is 3. The van der Waals surface area contributed by atoms with Crippen LogP contribution in [0.3, 0.4) is 0 Å². The molecule has 4 nitrogen and oxygen atoms in total. The Bertz CT molecular complexity index is 369. The van der Waals surface area contributed by atoms with Crippen molar-refractivity contribution in [3.05, 3.63) is 11.9 Å². The predicted molar refractivity (Wildman–Crippen MR) is 69.0 cm³/mol. The summed E-state index contributed by atoms with van der Waals surface area (Å²) in [7, 11) is 0. The molecule has 0 bridgehead atoms. The predicted octanol–water partition coefficient (Wildman–Crippen LogP) is 2.28. The van der Waals surface area contributed by atoms with Crippen molar-refractivity contribution in [1.29, 1.82) is 0 Å². The van der Waals surface area contributed by atoms with Crippen molar-refractivity contribution in [3.8, 4) is 0 Å². The van der Waals surface area contributed by atoms with Gasteiger partial charge >= 0.3 is 0 Å². The van der Waals surface area contributed by atoms with Gasteiger partial charge in [-0.1, -0.05) is 19.1 Å². The molecule has 0 saturated carbocycles. The summed E-state index contributed by atoms with van der Waals surface area (Å²) in [6, 6.07) is 0.514. The molecule has 1 aliphatic rings. The van der Waals surface area contributed by atoms with Gasteiger partial charge in [-0.05, 0) is 39.7 Å². The average Bonchev–Trinajstić information content (AvgIpc) is 2.76. The standard InChI is InChI=1S/C13H24N4/c1-5-11-10-17(15-14-11)12-7-8-16(6-2)13(3,4)9-12/h10,12H,5-9H2,1-4H3. The molecule has 0 spiro atoms. The van der Waals surface area contributed by atoms with Crippen molar-refractivity contribution >= 4 is 0 Å². The van der Waals surface area contributed by atoms with Crippen LogP contribution < -0.4 is 0 Å². The molecule has 2 rings (SSSR count). The fourth-order valence-electron chi connectivity index (χ4n) is 2.88. The minimum atomic E-state index is 0.274. The van der Waals surface area contributed by atoms with Crippen LogP contribution in [0, 0.1) is 0 Å². The van der Waals surface area contributed by atoms with Crippen LogP contribution in [0.1, 0.15) is 52.3 Å². The summed E-state index contributed by atoms with van der Waals surface area (Å²) in [5.41, 5.74) is 1.37. The smallest absolute Gasteiger partial charge is 0.0824 e. The van der Waals surface area contributed by atoms with Crippen molar-refractivity contribution in [3.63, 3.8) is 0 Å². The van der Waals surface area contributed by atoms with E-state index in [-0.39, 0.29) is 5.54 Å². The molecular formula is C13H24N4. The van der Waals surface area contributed by atoms with Crippen molar-refractivity contribution in [2.45, 2.75) is 58.5 Å². The van der Waals surface area contributed by atoms with Gasteiger partial charge in [0.15, 0.2) is 0 Å². The Morgan fingerprint density at radius 3 is 2.71 bits per heavy atom. The molecule has 17 heavy (non-hydrogen) atoms. The van der Waals surface area contributed by atoms with Crippen LogP contribution in [0.25, 0.3) is 0 Å². The number of hydrogen-bond acceptors (Lipinski definition) is 3. The Hall–Kier alpha value is -0.900. The van der Waals surface area contributed by atoms with Gasteiger partial charge in [0.2, 0.25) is 0 Å². The lowest BCUT2D eigenvalue weighted by molar-refractivity contribution is 0.0513. The number of piperidine rings is 1. The van der Waals surface area contributed by atoms with E-state index < -0.39 is 0 Å². The molecule has 1 aliphatic heterocycles. The van der Waals surface area contributed by atoms with Gasteiger partial charge in [-0.3, -0.25) is 4.90 Å². The summed E-state index contributed by atoms with van der Waals surface area (Å²) < 4.78 is 2.08. The van der Waals surface area contributed by atoms with E-state index in [2.05, 4.69) is 53.8 Å². The zero-order chi connectivity index (χ0) is 12.5. The van der Waals surface area contributed by atoms with Gasteiger partial charge in [0.25, 0.3) is 0 Å². The highest BCUT2D eigenvalue weighted by Crippen LogP contribution is 2.33. The zero-order valence-electron chi connectivity index (χ0n) is 11.5. The third-order valence-electron chi connectivity index (χ3n) is 4.00. The molecule has 1 atom stereocenters. The zero-order valence-corrected chi connectivity index (χ0v) is 11.5. The molecule has 2 heterocycles. The summed E-state index contributed by atoms with van der Waals surface area (Å²) in [6.07, 6.45) is 5.43. The number of likely N-dealkylation sites (tertiary alicyclic amines) is 1. The maximum atomic E-state index is 4.28. The first-order valence-corrected chi connectivity index (χ1v) is 6.72. The summed E-state index contributed by atoms with van der Waals surface area (Å²) in [4.78, 5) is 2.56. The van der Waals surface area contributed by atoms with Gasteiger partial charge in [-0.2, -0.15) is 0 Å². The lowest BCUT2D eigenvalue weighted by atomic mass is 9.87. The van der Waals surface area contributed by atoms with E-state index in [9.17, 15) is 0 Å². The minimum absolute atomic E-state index is 0.274. The molecule has 1 fully saturated rings. The van der Waals surface area contributed by atoms with Crippen molar-refractivity contribution in [1.82, 2.24) is 19.9 Å². The SMILES string of the molecule is CCc1cn(C2CCN(CC)C(C)(C)C2)nn1. The first-order chi connectivity index (χ1) is 8.06. The average molecular weight is 236 g/mol. The van der Waals surface area contributed by atoms with E-state index in [1.807, 2.05) is 0 Å². The van der Waals surface area contributed by atoms with Gasteiger partial charge in [0.05, 0.1) is 11.7 Å². The van der Waals surface area contributed by atoms with E-state index >= 15 is 0 Å². The van der Waals surface area contributed by atoms with Crippen LogP contribution in [0.15, 0.2) is 6.20 Å². The lowest BCUT2D eigenvalue weighted by Gasteiger charge is -2.45. The van der Waals surface area contributed by atoms with Crippen LogP contribution in [-0.2, 0) is 6.42 Å². The van der Waals surface area contributed by atoms with Crippen molar-refractivity contribution in [2.24, 2.45) is 0 Å². The topological polar surface area (TPSA) is 34.0 Å². The molecule has 0 amide bonds. The van der Waals surface area contributed by atoms with Crippen LogP contribution >= 0.6 is 0 Å². The highest BCUT2D eigenvalue weighted by atomic mass is 15.4. The third-order valence-corrected chi connectivity index (χ3v) is 4.00. The Kier molecular flexibility index (Phi) is 3.52. The van der Waals surface area contributed by atoms with Crippen molar-refractivity contribution in [2.75, 3.05) is 13.1 Å². The summed E-state index contributed by atoms with van der Waals surface area (Å²) >= 11 is 0. The molecular weight excluding hydrogens is 212 g/mol.